The highest BCUT2D eigenvalue weighted by Gasteiger charge is 2.19. The van der Waals surface area contributed by atoms with E-state index in [0.717, 1.165) is 44.3 Å². The SMILES string of the molecule is c1ccc(-c2nc(-c3ccccc3)nc(-c3ccc4c5cccc6c7ccccc7n7cnc8cccc(c87)n(c4c3)c65)n2)cc1. The van der Waals surface area contributed by atoms with Crippen LogP contribution < -0.4 is 0 Å². The normalized spacial score (nSPS) is 11.9. The molecule has 0 atom stereocenters. The monoisotopic (exact) mass is 588 g/mol. The van der Waals surface area contributed by atoms with Gasteiger partial charge in [0.25, 0.3) is 0 Å². The van der Waals surface area contributed by atoms with Gasteiger partial charge < -0.3 is 4.40 Å². The van der Waals surface area contributed by atoms with Crippen molar-refractivity contribution in [3.63, 3.8) is 0 Å². The Labute approximate surface area is 262 Å². The van der Waals surface area contributed by atoms with Gasteiger partial charge >= 0.3 is 0 Å². The molecule has 0 N–H and O–H groups in total. The van der Waals surface area contributed by atoms with Crippen LogP contribution in [0.15, 0.2) is 146 Å². The van der Waals surface area contributed by atoms with Crippen LogP contribution in [0.25, 0.3) is 88.8 Å². The predicted molar refractivity (Wildman–Crippen MR) is 186 cm³/mol. The summed E-state index contributed by atoms with van der Waals surface area (Å²) in [6, 6.07) is 48.4. The molecule has 0 saturated carbocycles. The number of aromatic nitrogens is 6. The van der Waals surface area contributed by atoms with Crippen molar-refractivity contribution in [3.05, 3.63) is 146 Å². The number of hydrogen-bond acceptors (Lipinski definition) is 4. The average Bonchev–Trinajstić information content (AvgIpc) is 3.71. The number of imidazole rings is 1. The van der Waals surface area contributed by atoms with E-state index in [2.05, 4.69) is 87.7 Å². The van der Waals surface area contributed by atoms with E-state index in [9.17, 15) is 0 Å². The summed E-state index contributed by atoms with van der Waals surface area (Å²) in [6.45, 7) is 0. The summed E-state index contributed by atoms with van der Waals surface area (Å²) in [5.41, 5.74) is 9.31. The summed E-state index contributed by atoms with van der Waals surface area (Å²) < 4.78 is 4.62. The fourth-order valence-corrected chi connectivity index (χ4v) is 6.93. The lowest BCUT2D eigenvalue weighted by Crippen LogP contribution is -2.00. The Morgan fingerprint density at radius 3 is 1.67 bits per heavy atom. The van der Waals surface area contributed by atoms with Crippen LogP contribution >= 0.6 is 0 Å². The van der Waals surface area contributed by atoms with Crippen molar-refractivity contribution in [2.24, 2.45) is 0 Å². The maximum absolute atomic E-state index is 5.03. The van der Waals surface area contributed by atoms with Gasteiger partial charge in [0.05, 0.1) is 33.1 Å². The lowest BCUT2D eigenvalue weighted by atomic mass is 10.1. The average molecular weight is 589 g/mol. The molecule has 10 aromatic rings. The maximum Gasteiger partial charge on any atom is 0.164 e. The highest BCUT2D eigenvalue weighted by Crippen LogP contribution is 2.38. The molecule has 0 fully saturated rings. The molecule has 6 nitrogen and oxygen atoms in total. The van der Waals surface area contributed by atoms with Crippen LogP contribution in [0.3, 0.4) is 0 Å². The minimum atomic E-state index is 0.632. The van der Waals surface area contributed by atoms with Crippen molar-refractivity contribution < 1.29 is 0 Å². The minimum absolute atomic E-state index is 0.632. The first-order chi connectivity index (χ1) is 22.8. The molecule has 0 unspecified atom stereocenters. The Balaban J connectivity index is 1.35. The molecule has 0 bridgehead atoms. The van der Waals surface area contributed by atoms with E-state index in [-0.39, 0.29) is 0 Å². The quantitative estimate of drug-likeness (QED) is 0.206. The molecule has 0 saturated heterocycles. The number of fused-ring (bicyclic) bond motifs is 7. The zero-order valence-electron chi connectivity index (χ0n) is 24.5. The Kier molecular flexibility index (Phi) is 5.19. The van der Waals surface area contributed by atoms with Crippen LogP contribution in [0.4, 0.5) is 0 Å². The van der Waals surface area contributed by atoms with Crippen molar-refractivity contribution in [2.45, 2.75) is 0 Å². The van der Waals surface area contributed by atoms with Crippen LogP contribution in [0.5, 0.6) is 0 Å². The maximum atomic E-state index is 5.03. The molecule has 0 aliphatic heterocycles. The smallest absolute Gasteiger partial charge is 0.164 e. The molecule has 0 spiro atoms. The summed E-state index contributed by atoms with van der Waals surface area (Å²) in [4.78, 5) is 19.8. The van der Waals surface area contributed by atoms with E-state index >= 15 is 0 Å². The molecule has 6 aromatic carbocycles. The molecule has 4 heterocycles. The van der Waals surface area contributed by atoms with Gasteiger partial charge in [0, 0.05) is 38.2 Å². The van der Waals surface area contributed by atoms with Crippen LogP contribution in [0.1, 0.15) is 0 Å². The molecule has 0 amide bonds. The van der Waals surface area contributed by atoms with Crippen LogP contribution in [-0.4, -0.2) is 28.7 Å². The molecular weight excluding hydrogens is 564 g/mol. The first-order valence-electron chi connectivity index (χ1n) is 15.3. The van der Waals surface area contributed by atoms with Crippen LogP contribution in [0.2, 0.25) is 0 Å². The molecule has 46 heavy (non-hydrogen) atoms. The van der Waals surface area contributed by atoms with Gasteiger partial charge in [-0.15, -0.1) is 0 Å². The first kappa shape index (κ1) is 25.0. The second-order valence-corrected chi connectivity index (χ2v) is 11.6. The lowest BCUT2D eigenvalue weighted by molar-refractivity contribution is 1.07. The summed E-state index contributed by atoms with van der Waals surface area (Å²) in [6.07, 6.45) is 1.94. The number of benzene rings is 6. The summed E-state index contributed by atoms with van der Waals surface area (Å²) >= 11 is 0. The molecule has 0 aliphatic rings. The van der Waals surface area contributed by atoms with E-state index in [0.29, 0.717) is 17.5 Å². The molecule has 4 aromatic heterocycles. The minimum Gasteiger partial charge on any atom is -0.306 e. The molecule has 6 heteroatoms. The largest absolute Gasteiger partial charge is 0.306 e. The van der Waals surface area contributed by atoms with Crippen molar-refractivity contribution in [2.75, 3.05) is 0 Å². The van der Waals surface area contributed by atoms with Crippen molar-refractivity contribution in [3.8, 4) is 34.2 Å². The number of nitrogens with zero attached hydrogens (tertiary/aromatic N) is 6. The van der Waals surface area contributed by atoms with Gasteiger partial charge in [0.15, 0.2) is 17.5 Å². The molecular formula is C40H24N6. The highest BCUT2D eigenvalue weighted by molar-refractivity contribution is 6.21. The van der Waals surface area contributed by atoms with Gasteiger partial charge in [-0.05, 0) is 24.3 Å². The fraction of sp³-hybridized carbons (Fsp3) is 0. The van der Waals surface area contributed by atoms with Gasteiger partial charge in [-0.1, -0.05) is 115 Å². The van der Waals surface area contributed by atoms with E-state index in [1.54, 1.807) is 0 Å². The standard InChI is InChI=1S/C40H24N6/c1-3-11-25(12-4-1)38-42-39(26-13-5-2-6-14-26)44-40(43-38)27-21-22-29-31-17-9-16-30-28-15-7-8-19-33(28)45-24-41-32-18-10-20-34(37(32)45)46(36(30)31)35(29)23-27/h1-24H. The number of para-hydroxylation sites is 3. The van der Waals surface area contributed by atoms with E-state index < -0.39 is 0 Å². The first-order valence-corrected chi connectivity index (χ1v) is 15.3. The highest BCUT2D eigenvalue weighted by atomic mass is 15.0. The van der Waals surface area contributed by atoms with Crippen molar-refractivity contribution in [1.82, 2.24) is 28.7 Å². The molecule has 0 aliphatic carbocycles. The van der Waals surface area contributed by atoms with Crippen molar-refractivity contribution >= 4 is 54.6 Å². The Morgan fingerprint density at radius 1 is 0.391 bits per heavy atom. The second-order valence-electron chi connectivity index (χ2n) is 11.6. The van der Waals surface area contributed by atoms with Gasteiger partial charge in [-0.25, -0.2) is 19.9 Å². The Hall–Kier alpha value is -6.40. The number of hydrogen-bond donors (Lipinski definition) is 0. The van der Waals surface area contributed by atoms with E-state index in [4.69, 9.17) is 19.9 Å². The fourth-order valence-electron chi connectivity index (χ4n) is 6.93. The van der Waals surface area contributed by atoms with Gasteiger partial charge in [0.2, 0.25) is 0 Å². The third-order valence-electron chi connectivity index (χ3n) is 8.99. The van der Waals surface area contributed by atoms with Crippen LogP contribution in [0, 0.1) is 0 Å². The third-order valence-corrected chi connectivity index (χ3v) is 8.99. The second kappa shape index (κ2) is 9.55. The molecule has 214 valence electrons. The zero-order chi connectivity index (χ0) is 30.2. The van der Waals surface area contributed by atoms with Gasteiger partial charge in [-0.2, -0.15) is 0 Å². The van der Waals surface area contributed by atoms with Gasteiger partial charge in [0.1, 0.15) is 6.33 Å². The van der Waals surface area contributed by atoms with E-state index in [1.165, 1.54) is 27.1 Å². The van der Waals surface area contributed by atoms with E-state index in [1.807, 2.05) is 67.0 Å². The van der Waals surface area contributed by atoms with Crippen LogP contribution in [-0.2, 0) is 0 Å². The topological polar surface area (TPSA) is 60.4 Å². The van der Waals surface area contributed by atoms with Crippen molar-refractivity contribution in [1.29, 1.82) is 0 Å². The summed E-state index contributed by atoms with van der Waals surface area (Å²) in [5.74, 6) is 1.92. The summed E-state index contributed by atoms with van der Waals surface area (Å²) in [7, 11) is 0. The molecule has 10 rings (SSSR count). The predicted octanol–water partition coefficient (Wildman–Crippen LogP) is 9.39. The zero-order valence-corrected chi connectivity index (χ0v) is 24.5. The molecule has 0 radical (unpaired) electrons. The Bertz CT molecular complexity index is 2740. The lowest BCUT2D eigenvalue weighted by Gasteiger charge is -2.10. The third kappa shape index (κ3) is 3.58. The summed E-state index contributed by atoms with van der Waals surface area (Å²) in [5, 5.41) is 4.72. The Morgan fingerprint density at radius 2 is 0.957 bits per heavy atom. The van der Waals surface area contributed by atoms with Gasteiger partial charge in [-0.3, -0.25) is 4.40 Å². The number of rotatable bonds is 3.